The second-order valence-electron chi connectivity index (χ2n) is 13.8. The van der Waals surface area contributed by atoms with Crippen molar-refractivity contribution in [3.8, 4) is 28.7 Å². The van der Waals surface area contributed by atoms with Gasteiger partial charge in [0.25, 0.3) is 5.91 Å². The van der Waals surface area contributed by atoms with Crippen LogP contribution in [-0.2, 0) is 31.4 Å². The lowest BCUT2D eigenvalue weighted by Crippen LogP contribution is -2.36. The lowest BCUT2D eigenvalue weighted by atomic mass is 9.96. The number of hydrogen-bond donors (Lipinski definition) is 3. The minimum Gasteiger partial charge on any atom is -0.481 e. The Labute approximate surface area is 306 Å². The summed E-state index contributed by atoms with van der Waals surface area (Å²) in [4.78, 5) is 38.8. The number of halogens is 1. The number of carbonyl (C=O) groups excluding carboxylic acids is 1. The molecule has 1 unspecified atom stereocenters. The molecule has 2 aliphatic heterocycles. The first-order valence-corrected chi connectivity index (χ1v) is 17.8. The first-order chi connectivity index (χ1) is 25.0. The largest absolute Gasteiger partial charge is 0.481 e. The quantitative estimate of drug-likeness (QED) is 0.164. The van der Waals surface area contributed by atoms with E-state index >= 15 is 0 Å². The third kappa shape index (κ3) is 6.92. The number of imidazole rings is 1. The van der Waals surface area contributed by atoms with Crippen molar-refractivity contribution in [2.24, 2.45) is 13.0 Å². The normalized spacial score (nSPS) is 16.1. The summed E-state index contributed by atoms with van der Waals surface area (Å²) in [5.41, 5.74) is 7.72. The number of carbonyl (C=O) groups is 2. The Bertz CT molecular complexity index is 2230. The number of carboxylic acid groups (broad SMARTS) is 1. The highest BCUT2D eigenvalue weighted by Crippen LogP contribution is 2.39. The molecule has 2 aromatic heterocycles. The number of β-amino-alcohol motifs (C(OH)–C–C–N with tert-alkyl or cyclic N) is 1. The smallest absolute Gasteiger partial charge is 0.306 e. The van der Waals surface area contributed by atoms with Gasteiger partial charge in [0.1, 0.15) is 11.6 Å². The van der Waals surface area contributed by atoms with Gasteiger partial charge in [-0.05, 0) is 80.7 Å². The Morgan fingerprint density at radius 2 is 1.81 bits per heavy atom. The van der Waals surface area contributed by atoms with Crippen LogP contribution in [0.1, 0.15) is 58.5 Å². The van der Waals surface area contributed by atoms with Crippen molar-refractivity contribution in [2.75, 3.05) is 31.5 Å². The van der Waals surface area contributed by atoms with Crippen molar-refractivity contribution in [3.63, 3.8) is 0 Å². The van der Waals surface area contributed by atoms with E-state index < -0.39 is 12.1 Å². The molecule has 0 radical (unpaired) electrons. The van der Waals surface area contributed by atoms with Gasteiger partial charge in [-0.3, -0.25) is 19.4 Å². The van der Waals surface area contributed by atoms with Crippen molar-refractivity contribution >= 4 is 40.3 Å². The second-order valence-corrected chi connectivity index (χ2v) is 14.2. The monoisotopic (exact) mass is 721 g/mol. The molecule has 0 saturated carbocycles. The number of piperidine rings is 1. The van der Waals surface area contributed by atoms with Crippen LogP contribution >= 0.6 is 11.6 Å². The molecule has 7 rings (SSSR count). The molecule has 12 nitrogen and oxygen atoms in total. The van der Waals surface area contributed by atoms with Gasteiger partial charge in [0, 0.05) is 56.5 Å². The molecule has 5 aromatic rings. The molecule has 1 saturated heterocycles. The maximum atomic E-state index is 13.6. The van der Waals surface area contributed by atoms with Gasteiger partial charge in [0.2, 0.25) is 5.89 Å². The van der Waals surface area contributed by atoms with Gasteiger partial charge in [0.05, 0.1) is 34.0 Å². The van der Waals surface area contributed by atoms with Gasteiger partial charge in [0.15, 0.2) is 11.4 Å². The number of hydrogen-bond acceptors (Lipinski definition) is 9. The number of nitrogens with zero attached hydrogens (tertiary/aromatic N) is 6. The number of nitrogens with one attached hydrogen (secondary N) is 1. The predicted molar refractivity (Wildman–Crippen MR) is 197 cm³/mol. The molecule has 52 heavy (non-hydrogen) atoms. The Balaban J connectivity index is 1.13. The lowest BCUT2D eigenvalue weighted by molar-refractivity contribution is -0.143. The number of carboxylic acids is 1. The van der Waals surface area contributed by atoms with E-state index in [9.17, 15) is 25.1 Å². The Morgan fingerprint density at radius 3 is 2.54 bits per heavy atom. The summed E-state index contributed by atoms with van der Waals surface area (Å²) in [6.45, 7) is 7.56. The molecule has 268 valence electrons. The molecule has 1 amide bonds. The van der Waals surface area contributed by atoms with Crippen LogP contribution in [0.15, 0.2) is 52.9 Å². The second kappa shape index (κ2) is 14.5. The van der Waals surface area contributed by atoms with Gasteiger partial charge in [-0.15, -0.1) is 0 Å². The van der Waals surface area contributed by atoms with Crippen molar-refractivity contribution in [3.05, 3.63) is 87.5 Å². The third-order valence-electron chi connectivity index (χ3n) is 10.2. The van der Waals surface area contributed by atoms with E-state index in [-0.39, 0.29) is 11.8 Å². The van der Waals surface area contributed by atoms with Crippen LogP contribution in [0.2, 0.25) is 5.02 Å². The molecule has 13 heteroatoms. The maximum Gasteiger partial charge on any atom is 0.306 e. The Kier molecular flexibility index (Phi) is 9.87. The summed E-state index contributed by atoms with van der Waals surface area (Å²) in [6, 6.07) is 17.2. The van der Waals surface area contributed by atoms with E-state index in [0.717, 1.165) is 52.2 Å². The summed E-state index contributed by atoms with van der Waals surface area (Å²) < 4.78 is 8.07. The number of aliphatic hydroxyl groups is 1. The molecule has 0 bridgehead atoms. The average Bonchev–Trinajstić information content (AvgIpc) is 3.69. The molecule has 2 aliphatic rings. The molecular weight excluding hydrogens is 682 g/mol. The fraction of sp³-hybridized carbons (Fsp3) is 0.359. The van der Waals surface area contributed by atoms with Crippen LogP contribution in [0.25, 0.3) is 33.7 Å². The molecule has 3 N–H and O–H groups in total. The van der Waals surface area contributed by atoms with Gasteiger partial charge < -0.3 is 24.5 Å². The van der Waals surface area contributed by atoms with Crippen molar-refractivity contribution < 1.29 is 24.2 Å². The zero-order chi connectivity index (χ0) is 36.7. The van der Waals surface area contributed by atoms with Crippen LogP contribution in [0.4, 0.5) is 5.69 Å². The van der Waals surface area contributed by atoms with Crippen molar-refractivity contribution in [2.45, 2.75) is 52.3 Å². The van der Waals surface area contributed by atoms with Crippen LogP contribution in [0.3, 0.4) is 0 Å². The number of fused-ring (bicyclic) bond motifs is 2. The van der Waals surface area contributed by atoms with Crippen LogP contribution in [-0.4, -0.2) is 78.7 Å². The fourth-order valence-corrected chi connectivity index (χ4v) is 7.74. The number of oxazole rings is 1. The highest BCUT2D eigenvalue weighted by molar-refractivity contribution is 6.36. The SMILES string of the molecule is Cc1c(-c2nc3cc(CN4CCC(C(=O)O)CC4)cc(C#N)c3o2)cccc1-c1cccc(NC(=O)c2nc3c(n2C)CCN(CC(C)O)C3)c1Cl. The summed E-state index contributed by atoms with van der Waals surface area (Å²) in [7, 11) is 1.84. The third-order valence-corrected chi connectivity index (χ3v) is 10.6. The van der Waals surface area contributed by atoms with E-state index in [4.69, 9.17) is 21.0 Å². The van der Waals surface area contributed by atoms with Crippen molar-refractivity contribution in [1.82, 2.24) is 24.3 Å². The highest BCUT2D eigenvalue weighted by atomic mass is 35.5. The fourth-order valence-electron chi connectivity index (χ4n) is 7.47. The topological polar surface area (TPSA) is 161 Å². The standard InChI is InChI=1S/C39H40ClN7O5/c1-22(48)19-47-15-12-33-32(21-47)42-36(45(33)3)37(49)43-30-9-5-8-29(34(30)40)27-6-4-7-28(23(27)2)38-44-31-17-24(16-26(18-41)35(31)52-38)20-46-13-10-25(11-14-46)39(50)51/h4-9,16-17,22,25,48H,10-15,19-21H2,1-3H3,(H,43,49)(H,50,51). The number of amides is 1. The number of anilines is 1. The molecule has 0 spiro atoms. The number of aliphatic hydroxyl groups excluding tert-OH is 1. The highest BCUT2D eigenvalue weighted by Gasteiger charge is 2.28. The first kappa shape index (κ1) is 35.3. The van der Waals surface area contributed by atoms with Crippen LogP contribution in [0.5, 0.6) is 0 Å². The van der Waals surface area contributed by atoms with Gasteiger partial charge >= 0.3 is 5.97 Å². The van der Waals surface area contributed by atoms with Crippen molar-refractivity contribution in [1.29, 1.82) is 5.26 Å². The summed E-state index contributed by atoms with van der Waals surface area (Å²) >= 11 is 7.00. The number of aromatic nitrogens is 3. The van der Waals surface area contributed by atoms with E-state index in [1.54, 1.807) is 13.0 Å². The molecule has 3 aromatic carbocycles. The minimum atomic E-state index is -0.745. The summed E-state index contributed by atoms with van der Waals surface area (Å²) in [5, 5.41) is 32.5. The van der Waals surface area contributed by atoms with E-state index in [1.807, 2.05) is 61.0 Å². The van der Waals surface area contributed by atoms with E-state index in [1.165, 1.54) is 0 Å². The Morgan fingerprint density at radius 1 is 1.08 bits per heavy atom. The predicted octanol–water partition coefficient (Wildman–Crippen LogP) is 6.02. The minimum absolute atomic E-state index is 0.294. The lowest BCUT2D eigenvalue weighted by Gasteiger charge is -2.30. The molecule has 1 atom stereocenters. The van der Waals surface area contributed by atoms with Crippen LogP contribution < -0.4 is 5.32 Å². The number of likely N-dealkylation sites (tertiary alicyclic amines) is 1. The van der Waals surface area contributed by atoms with Crippen LogP contribution in [0, 0.1) is 24.2 Å². The Hall–Kier alpha value is -5.06. The van der Waals surface area contributed by atoms with Gasteiger partial charge in [-0.1, -0.05) is 35.9 Å². The van der Waals surface area contributed by atoms with E-state index in [2.05, 4.69) is 26.2 Å². The van der Waals surface area contributed by atoms with Gasteiger partial charge in [-0.2, -0.15) is 5.26 Å². The summed E-state index contributed by atoms with van der Waals surface area (Å²) in [6.07, 6.45) is 1.49. The van der Waals surface area contributed by atoms with Gasteiger partial charge in [-0.25, -0.2) is 9.97 Å². The van der Waals surface area contributed by atoms with E-state index in [0.29, 0.717) is 84.7 Å². The maximum absolute atomic E-state index is 13.6. The average molecular weight is 722 g/mol. The summed E-state index contributed by atoms with van der Waals surface area (Å²) in [5.74, 6) is -0.759. The molecule has 4 heterocycles. The number of nitriles is 1. The molecular formula is C39H40ClN7O5. The number of rotatable bonds is 9. The zero-order valence-corrected chi connectivity index (χ0v) is 30.1. The zero-order valence-electron chi connectivity index (χ0n) is 29.3. The molecule has 0 aliphatic carbocycles. The molecule has 1 fully saturated rings. The first-order valence-electron chi connectivity index (χ1n) is 17.4. The number of aliphatic carboxylic acids is 1. The number of benzene rings is 3.